The highest BCUT2D eigenvalue weighted by Gasteiger charge is 2.19. The normalized spacial score (nSPS) is 14.2. The summed E-state index contributed by atoms with van der Waals surface area (Å²) in [5.74, 6) is 0.384. The number of benzene rings is 1. The van der Waals surface area contributed by atoms with Crippen LogP contribution in [0.2, 0.25) is 0 Å². The molecule has 0 aliphatic rings. The molecule has 0 saturated heterocycles. The van der Waals surface area contributed by atoms with Gasteiger partial charge in [-0.1, -0.05) is 22.9 Å². The molecule has 2 atom stereocenters. The van der Waals surface area contributed by atoms with Gasteiger partial charge in [-0.2, -0.15) is 0 Å². The summed E-state index contributed by atoms with van der Waals surface area (Å²) >= 11 is 3.30. The van der Waals surface area contributed by atoms with E-state index in [1.807, 2.05) is 19.1 Å². The number of furan rings is 1. The molecule has 20 heavy (non-hydrogen) atoms. The lowest BCUT2D eigenvalue weighted by Gasteiger charge is -2.23. The predicted molar refractivity (Wildman–Crippen MR) is 78.8 cm³/mol. The molecule has 2 aromatic rings. The SMILES string of the molecule is CCC(NC(CO)c1ccco1)c1cc(F)cc(Br)c1. The fourth-order valence-corrected chi connectivity index (χ4v) is 2.67. The zero-order valence-electron chi connectivity index (χ0n) is 11.1. The van der Waals surface area contributed by atoms with E-state index in [1.165, 1.54) is 12.1 Å². The minimum atomic E-state index is -0.308. The van der Waals surface area contributed by atoms with Crippen molar-refractivity contribution < 1.29 is 13.9 Å². The number of nitrogens with one attached hydrogen (secondary N) is 1. The molecule has 2 N–H and O–H groups in total. The largest absolute Gasteiger partial charge is 0.468 e. The topological polar surface area (TPSA) is 45.4 Å². The summed E-state index contributed by atoms with van der Waals surface area (Å²) in [4.78, 5) is 0. The highest BCUT2D eigenvalue weighted by molar-refractivity contribution is 9.10. The molecule has 2 rings (SSSR count). The average molecular weight is 342 g/mol. The van der Waals surface area contributed by atoms with Gasteiger partial charge in [0.1, 0.15) is 11.6 Å². The van der Waals surface area contributed by atoms with E-state index in [0.717, 1.165) is 12.0 Å². The maximum absolute atomic E-state index is 13.5. The van der Waals surface area contributed by atoms with Gasteiger partial charge in [0.15, 0.2) is 0 Å². The molecule has 0 fully saturated rings. The van der Waals surface area contributed by atoms with Gasteiger partial charge in [-0.25, -0.2) is 4.39 Å². The molecule has 0 bridgehead atoms. The summed E-state index contributed by atoms with van der Waals surface area (Å²) in [6.07, 6.45) is 2.34. The Balaban J connectivity index is 2.19. The van der Waals surface area contributed by atoms with Gasteiger partial charge >= 0.3 is 0 Å². The Morgan fingerprint density at radius 1 is 1.35 bits per heavy atom. The summed E-state index contributed by atoms with van der Waals surface area (Å²) in [5.41, 5.74) is 0.837. The highest BCUT2D eigenvalue weighted by atomic mass is 79.9. The van der Waals surface area contributed by atoms with Crippen LogP contribution in [0.15, 0.2) is 45.5 Å². The number of aliphatic hydroxyl groups excluding tert-OH is 1. The van der Waals surface area contributed by atoms with Gasteiger partial charge in [-0.3, -0.25) is 5.32 Å². The Labute approximate surface area is 125 Å². The van der Waals surface area contributed by atoms with Crippen LogP contribution in [0.4, 0.5) is 4.39 Å². The Morgan fingerprint density at radius 2 is 2.15 bits per heavy atom. The minimum Gasteiger partial charge on any atom is -0.468 e. The number of aliphatic hydroxyl groups is 1. The lowest BCUT2D eigenvalue weighted by Crippen LogP contribution is -2.28. The Kier molecular flexibility index (Phi) is 5.34. The fraction of sp³-hybridized carbons (Fsp3) is 0.333. The van der Waals surface area contributed by atoms with Crippen LogP contribution in [-0.2, 0) is 0 Å². The van der Waals surface area contributed by atoms with Gasteiger partial charge in [-0.15, -0.1) is 0 Å². The van der Waals surface area contributed by atoms with E-state index in [1.54, 1.807) is 12.3 Å². The van der Waals surface area contributed by atoms with Crippen LogP contribution in [0.5, 0.6) is 0 Å². The molecule has 0 saturated carbocycles. The van der Waals surface area contributed by atoms with E-state index in [4.69, 9.17) is 4.42 Å². The number of rotatable bonds is 6. The van der Waals surface area contributed by atoms with Gasteiger partial charge < -0.3 is 9.52 Å². The third-order valence-corrected chi connectivity index (χ3v) is 3.62. The summed E-state index contributed by atoms with van der Waals surface area (Å²) in [6.45, 7) is 1.92. The first-order valence-electron chi connectivity index (χ1n) is 6.50. The molecule has 0 radical (unpaired) electrons. The number of hydrogen-bond acceptors (Lipinski definition) is 3. The fourth-order valence-electron chi connectivity index (χ4n) is 2.18. The van der Waals surface area contributed by atoms with E-state index in [-0.39, 0.29) is 24.5 Å². The van der Waals surface area contributed by atoms with Crippen molar-refractivity contribution in [3.05, 3.63) is 58.2 Å². The van der Waals surface area contributed by atoms with Crippen LogP contribution in [-0.4, -0.2) is 11.7 Å². The first-order chi connectivity index (χ1) is 9.63. The van der Waals surface area contributed by atoms with Gasteiger partial charge in [0.05, 0.1) is 18.9 Å². The molecule has 1 heterocycles. The predicted octanol–water partition coefficient (Wildman–Crippen LogP) is 3.96. The van der Waals surface area contributed by atoms with Crippen molar-refractivity contribution in [3.63, 3.8) is 0 Å². The zero-order valence-corrected chi connectivity index (χ0v) is 12.7. The smallest absolute Gasteiger partial charge is 0.124 e. The van der Waals surface area contributed by atoms with Crippen molar-refractivity contribution >= 4 is 15.9 Å². The maximum atomic E-state index is 13.5. The molecule has 2 unspecified atom stereocenters. The first kappa shape index (κ1) is 15.2. The number of hydrogen-bond donors (Lipinski definition) is 2. The maximum Gasteiger partial charge on any atom is 0.124 e. The molecule has 3 nitrogen and oxygen atoms in total. The summed E-state index contributed by atoms with van der Waals surface area (Å²) < 4.78 is 19.5. The average Bonchev–Trinajstić information content (AvgIpc) is 2.93. The van der Waals surface area contributed by atoms with Crippen molar-refractivity contribution in [2.45, 2.75) is 25.4 Å². The van der Waals surface area contributed by atoms with Crippen LogP contribution >= 0.6 is 15.9 Å². The van der Waals surface area contributed by atoms with Gasteiger partial charge in [0.2, 0.25) is 0 Å². The van der Waals surface area contributed by atoms with E-state index >= 15 is 0 Å². The molecule has 0 spiro atoms. The molecule has 0 aliphatic heterocycles. The molecule has 108 valence electrons. The Bertz CT molecular complexity index is 525. The Morgan fingerprint density at radius 3 is 2.70 bits per heavy atom. The van der Waals surface area contributed by atoms with Crippen molar-refractivity contribution in [3.8, 4) is 0 Å². The quantitative estimate of drug-likeness (QED) is 0.835. The van der Waals surface area contributed by atoms with Crippen molar-refractivity contribution in [1.82, 2.24) is 5.32 Å². The standard InChI is InChI=1S/C15H17BrFNO2/c1-2-13(10-6-11(16)8-12(17)7-10)18-14(9-19)15-4-3-5-20-15/h3-8,13-14,18-19H,2,9H2,1H3. The summed E-state index contributed by atoms with van der Waals surface area (Å²) in [5, 5.41) is 12.8. The Hall–Kier alpha value is -1.17. The van der Waals surface area contributed by atoms with Crippen LogP contribution in [0.1, 0.15) is 36.8 Å². The van der Waals surface area contributed by atoms with E-state index in [2.05, 4.69) is 21.2 Å². The van der Waals surface area contributed by atoms with Gasteiger partial charge in [-0.05, 0) is 42.3 Å². The molecule has 0 amide bonds. The highest BCUT2D eigenvalue weighted by Crippen LogP contribution is 2.25. The second kappa shape index (κ2) is 7.02. The van der Waals surface area contributed by atoms with E-state index in [0.29, 0.717) is 10.2 Å². The molecular formula is C15H17BrFNO2. The lowest BCUT2D eigenvalue weighted by atomic mass is 10.0. The van der Waals surface area contributed by atoms with Crippen molar-refractivity contribution in [1.29, 1.82) is 0 Å². The van der Waals surface area contributed by atoms with Gasteiger partial charge in [0, 0.05) is 10.5 Å². The summed E-state index contributed by atoms with van der Waals surface area (Å²) in [7, 11) is 0. The second-order valence-electron chi connectivity index (χ2n) is 4.58. The van der Waals surface area contributed by atoms with Crippen LogP contribution in [0.25, 0.3) is 0 Å². The monoisotopic (exact) mass is 341 g/mol. The molecule has 5 heteroatoms. The van der Waals surface area contributed by atoms with Gasteiger partial charge in [0.25, 0.3) is 0 Å². The van der Waals surface area contributed by atoms with Crippen LogP contribution in [0.3, 0.4) is 0 Å². The molecule has 1 aromatic heterocycles. The van der Waals surface area contributed by atoms with E-state index < -0.39 is 0 Å². The van der Waals surface area contributed by atoms with E-state index in [9.17, 15) is 9.50 Å². The molecule has 1 aromatic carbocycles. The third kappa shape index (κ3) is 3.69. The van der Waals surface area contributed by atoms with Crippen LogP contribution in [0, 0.1) is 5.82 Å². The third-order valence-electron chi connectivity index (χ3n) is 3.17. The number of halogens is 2. The first-order valence-corrected chi connectivity index (χ1v) is 7.29. The minimum absolute atomic E-state index is 0.0655. The summed E-state index contributed by atoms with van der Waals surface area (Å²) in [6, 6.07) is 8.01. The van der Waals surface area contributed by atoms with Crippen molar-refractivity contribution in [2.75, 3.05) is 6.61 Å². The lowest BCUT2D eigenvalue weighted by molar-refractivity contribution is 0.213. The second-order valence-corrected chi connectivity index (χ2v) is 5.50. The zero-order chi connectivity index (χ0) is 14.5. The van der Waals surface area contributed by atoms with Crippen LogP contribution < -0.4 is 5.32 Å². The molecule has 0 aliphatic carbocycles. The van der Waals surface area contributed by atoms with Crippen molar-refractivity contribution in [2.24, 2.45) is 0 Å². The molecular weight excluding hydrogens is 325 g/mol.